The monoisotopic (exact) mass is 657 g/mol. The van der Waals surface area contributed by atoms with E-state index < -0.39 is 28.5 Å². The highest BCUT2D eigenvalue weighted by Crippen LogP contribution is 2.27. The average molecular weight is 658 g/mol. The number of sulfonamides is 1. The third-order valence-corrected chi connectivity index (χ3v) is 10.3. The molecule has 0 unspecified atom stereocenters. The molecule has 7 nitrogen and oxygen atoms in total. The molecule has 1 aliphatic rings. The minimum Gasteiger partial charge on any atom is -0.352 e. The van der Waals surface area contributed by atoms with Crippen LogP contribution in [0.4, 0.5) is 5.69 Å². The van der Waals surface area contributed by atoms with Crippen molar-refractivity contribution in [3.8, 4) is 0 Å². The van der Waals surface area contributed by atoms with E-state index in [1.54, 1.807) is 48.5 Å². The van der Waals surface area contributed by atoms with Gasteiger partial charge in [0.25, 0.3) is 10.0 Å². The number of anilines is 1. The predicted molar refractivity (Wildman–Crippen MR) is 183 cm³/mol. The summed E-state index contributed by atoms with van der Waals surface area (Å²) in [5, 5.41) is 3.70. The third-order valence-electron chi connectivity index (χ3n) is 8.32. The van der Waals surface area contributed by atoms with Gasteiger partial charge in [0.1, 0.15) is 12.6 Å². The van der Waals surface area contributed by atoms with Gasteiger partial charge < -0.3 is 10.2 Å². The number of nitrogens with zero attached hydrogens (tertiary/aromatic N) is 2. The van der Waals surface area contributed by atoms with Gasteiger partial charge >= 0.3 is 0 Å². The molecule has 0 spiro atoms. The quantitative estimate of drug-likeness (QED) is 0.181. The zero-order valence-electron chi connectivity index (χ0n) is 26.2. The normalized spacial score (nSPS) is 14.1. The van der Waals surface area contributed by atoms with Crippen molar-refractivity contribution in [3.05, 3.63) is 130 Å². The third kappa shape index (κ3) is 8.36. The first-order valence-corrected chi connectivity index (χ1v) is 17.5. The molecule has 1 N–H and O–H groups in total. The molecule has 0 saturated heterocycles. The summed E-state index contributed by atoms with van der Waals surface area (Å²) in [6.45, 7) is 3.35. The first-order valence-electron chi connectivity index (χ1n) is 15.6. The summed E-state index contributed by atoms with van der Waals surface area (Å²) in [5.74, 6) is -0.754. The highest BCUT2D eigenvalue weighted by atomic mass is 35.5. The Morgan fingerprint density at radius 1 is 0.826 bits per heavy atom. The van der Waals surface area contributed by atoms with Gasteiger partial charge in [-0.15, -0.1) is 0 Å². The molecule has 2 amide bonds. The molecule has 240 valence electrons. The summed E-state index contributed by atoms with van der Waals surface area (Å²) >= 11 is 6.34. The maximum absolute atomic E-state index is 14.6. The standard InChI is InChI=1S/C37H40ClN3O4S/c1-27-20-28(2)22-33(21-27)41(46(44,45)34-18-7-4-8-19-34)26-36(42)40(25-30-14-11-15-31(38)23-30)35(24-29-12-5-3-6-13-29)37(43)39-32-16-9-10-17-32/h3-8,11-15,18-23,32,35H,9-10,16-17,24-26H2,1-2H3,(H,39,43)/t35-/m0/s1. The Kier molecular flexibility index (Phi) is 10.8. The Morgan fingerprint density at radius 2 is 1.43 bits per heavy atom. The summed E-state index contributed by atoms with van der Waals surface area (Å²) in [6.07, 6.45) is 4.13. The second-order valence-electron chi connectivity index (χ2n) is 12.0. The Bertz CT molecular complexity index is 1740. The van der Waals surface area contributed by atoms with Gasteiger partial charge in [0.05, 0.1) is 10.6 Å². The minimum atomic E-state index is -4.16. The van der Waals surface area contributed by atoms with Crippen LogP contribution in [0.15, 0.2) is 108 Å². The van der Waals surface area contributed by atoms with Gasteiger partial charge in [-0.3, -0.25) is 13.9 Å². The Morgan fingerprint density at radius 3 is 2.07 bits per heavy atom. The molecule has 46 heavy (non-hydrogen) atoms. The van der Waals surface area contributed by atoms with Crippen LogP contribution in [-0.4, -0.2) is 43.8 Å². The zero-order valence-corrected chi connectivity index (χ0v) is 27.8. The van der Waals surface area contributed by atoms with Crippen LogP contribution in [0.25, 0.3) is 0 Å². The van der Waals surface area contributed by atoms with E-state index in [-0.39, 0.29) is 29.8 Å². The van der Waals surface area contributed by atoms with Crippen molar-refractivity contribution in [1.82, 2.24) is 10.2 Å². The fourth-order valence-electron chi connectivity index (χ4n) is 6.10. The van der Waals surface area contributed by atoms with E-state index in [9.17, 15) is 18.0 Å². The van der Waals surface area contributed by atoms with E-state index in [1.165, 1.54) is 17.0 Å². The van der Waals surface area contributed by atoms with Crippen molar-refractivity contribution < 1.29 is 18.0 Å². The predicted octanol–water partition coefficient (Wildman–Crippen LogP) is 6.85. The maximum atomic E-state index is 14.6. The number of rotatable bonds is 12. The summed E-state index contributed by atoms with van der Waals surface area (Å²) in [6, 6.07) is 29.4. The minimum absolute atomic E-state index is 0.0409. The molecule has 1 saturated carbocycles. The van der Waals surface area contributed by atoms with Crippen LogP contribution in [0.2, 0.25) is 5.02 Å². The number of aryl methyl sites for hydroxylation is 2. The molecule has 4 aromatic rings. The molecular weight excluding hydrogens is 618 g/mol. The van der Waals surface area contributed by atoms with Crippen molar-refractivity contribution in [1.29, 1.82) is 0 Å². The van der Waals surface area contributed by atoms with Gasteiger partial charge in [-0.05, 0) is 85.3 Å². The topological polar surface area (TPSA) is 86.8 Å². The first-order chi connectivity index (χ1) is 22.1. The van der Waals surface area contributed by atoms with Crippen LogP contribution < -0.4 is 9.62 Å². The Balaban J connectivity index is 1.58. The molecule has 9 heteroatoms. The van der Waals surface area contributed by atoms with Crippen LogP contribution >= 0.6 is 11.6 Å². The zero-order chi connectivity index (χ0) is 32.7. The lowest BCUT2D eigenvalue weighted by Gasteiger charge is -2.34. The van der Waals surface area contributed by atoms with Crippen LogP contribution in [0.1, 0.15) is 47.9 Å². The highest BCUT2D eigenvalue weighted by Gasteiger charge is 2.35. The molecule has 0 bridgehead atoms. The second kappa shape index (κ2) is 15.0. The fraction of sp³-hybridized carbons (Fsp3) is 0.297. The lowest BCUT2D eigenvalue weighted by Crippen LogP contribution is -2.54. The molecule has 0 aromatic heterocycles. The van der Waals surface area contributed by atoms with E-state index in [2.05, 4.69) is 5.32 Å². The van der Waals surface area contributed by atoms with Crippen LogP contribution in [0.5, 0.6) is 0 Å². The van der Waals surface area contributed by atoms with Gasteiger partial charge in [-0.2, -0.15) is 0 Å². The average Bonchev–Trinajstić information content (AvgIpc) is 3.55. The van der Waals surface area contributed by atoms with Crippen molar-refractivity contribution >= 4 is 39.1 Å². The molecule has 0 radical (unpaired) electrons. The van der Waals surface area contributed by atoms with E-state index in [0.29, 0.717) is 10.7 Å². The summed E-state index contributed by atoms with van der Waals surface area (Å²) in [4.78, 5) is 30.3. The number of nitrogens with one attached hydrogen (secondary N) is 1. The Hall–Kier alpha value is -4.14. The first kappa shape index (κ1) is 33.2. The molecule has 1 fully saturated rings. The SMILES string of the molecule is Cc1cc(C)cc(N(CC(=O)N(Cc2cccc(Cl)c2)[C@@H](Cc2ccccc2)C(=O)NC2CCCC2)S(=O)(=O)c2ccccc2)c1. The number of hydrogen-bond donors (Lipinski definition) is 1. The van der Waals surface area contributed by atoms with Gasteiger partial charge in [0.15, 0.2) is 0 Å². The summed E-state index contributed by atoms with van der Waals surface area (Å²) in [5.41, 5.74) is 3.73. The molecule has 0 aliphatic heterocycles. The lowest BCUT2D eigenvalue weighted by molar-refractivity contribution is -0.140. The number of benzene rings is 4. The number of carbonyl (C=O) groups excluding carboxylic acids is 2. The summed E-state index contributed by atoms with van der Waals surface area (Å²) in [7, 11) is -4.16. The van der Waals surface area contributed by atoms with Gasteiger partial charge in [-0.25, -0.2) is 8.42 Å². The van der Waals surface area contributed by atoms with Crippen LogP contribution in [-0.2, 0) is 32.6 Å². The molecule has 1 aliphatic carbocycles. The van der Waals surface area contributed by atoms with Gasteiger partial charge in [-0.1, -0.05) is 91.2 Å². The number of amides is 2. The molecule has 1 atom stereocenters. The second-order valence-corrected chi connectivity index (χ2v) is 14.3. The Labute approximate surface area is 277 Å². The number of halogens is 1. The van der Waals surface area contributed by atoms with Gasteiger partial charge in [0, 0.05) is 24.0 Å². The largest absolute Gasteiger partial charge is 0.352 e. The van der Waals surface area contributed by atoms with E-state index >= 15 is 0 Å². The van der Waals surface area contributed by atoms with Crippen molar-refractivity contribution in [2.45, 2.75) is 69.5 Å². The lowest BCUT2D eigenvalue weighted by atomic mass is 10.0. The maximum Gasteiger partial charge on any atom is 0.264 e. The number of carbonyl (C=O) groups is 2. The van der Waals surface area contributed by atoms with E-state index in [0.717, 1.165) is 52.2 Å². The fourth-order valence-corrected chi connectivity index (χ4v) is 7.73. The highest BCUT2D eigenvalue weighted by molar-refractivity contribution is 7.92. The molecular formula is C37H40ClN3O4S. The molecule has 0 heterocycles. The van der Waals surface area contributed by atoms with Crippen molar-refractivity contribution in [3.63, 3.8) is 0 Å². The van der Waals surface area contributed by atoms with E-state index in [1.807, 2.05) is 56.3 Å². The smallest absolute Gasteiger partial charge is 0.264 e. The summed E-state index contributed by atoms with van der Waals surface area (Å²) < 4.78 is 29.6. The van der Waals surface area contributed by atoms with Crippen molar-refractivity contribution in [2.75, 3.05) is 10.8 Å². The van der Waals surface area contributed by atoms with Crippen molar-refractivity contribution in [2.24, 2.45) is 0 Å². The van der Waals surface area contributed by atoms with E-state index in [4.69, 9.17) is 11.6 Å². The van der Waals surface area contributed by atoms with Crippen LogP contribution in [0, 0.1) is 13.8 Å². The van der Waals surface area contributed by atoms with Crippen LogP contribution in [0.3, 0.4) is 0 Å². The number of hydrogen-bond acceptors (Lipinski definition) is 4. The molecule has 5 rings (SSSR count). The molecule has 4 aromatic carbocycles. The van der Waals surface area contributed by atoms with Gasteiger partial charge in [0.2, 0.25) is 11.8 Å².